The largest absolute Gasteiger partial charge is 0.326 e. The molecule has 0 unspecified atom stereocenters. The molecule has 0 heterocycles. The molecular weight excluding hydrogens is 170 g/mol. The fourth-order valence-electron chi connectivity index (χ4n) is 0.899. The lowest BCUT2D eigenvalue weighted by atomic mass is 10.2. The third kappa shape index (κ3) is 4.43. The summed E-state index contributed by atoms with van der Waals surface area (Å²) >= 11 is 0. The van der Waals surface area contributed by atoms with Crippen LogP contribution in [-0.2, 0) is 6.54 Å². The molecule has 0 aliphatic carbocycles. The maximum absolute atomic E-state index is 5.34. The lowest BCUT2D eigenvalue weighted by Gasteiger charge is -1.89. The normalized spacial score (nSPS) is 8.64. The Morgan fingerprint density at radius 3 is 1.71 bits per heavy atom. The zero-order chi connectivity index (χ0) is 10.1. The molecule has 0 aromatic heterocycles. The summed E-state index contributed by atoms with van der Waals surface area (Å²) in [5.74, 6) is 0. The number of rotatable bonds is 1. The van der Waals surface area contributed by atoms with Gasteiger partial charge in [0.1, 0.15) is 0 Å². The molecule has 0 saturated carbocycles. The number of nitrogens with two attached hydrogens (primary N) is 1. The topological polar surface area (TPSA) is 26.0 Å². The zero-order valence-corrected chi connectivity index (χ0v) is 7.98. The molecule has 1 nitrogen and oxygen atoms in total. The van der Waals surface area contributed by atoms with Crippen LogP contribution in [0.2, 0.25) is 0 Å². The first-order chi connectivity index (χ1) is 6.93. The third-order valence-electron chi connectivity index (χ3n) is 1.63. The van der Waals surface area contributed by atoms with Gasteiger partial charge in [0.05, 0.1) is 0 Å². The maximum atomic E-state index is 5.34. The summed E-state index contributed by atoms with van der Waals surface area (Å²) in [6, 6.07) is 23.1. The van der Waals surface area contributed by atoms with Crippen LogP contribution in [0.5, 0.6) is 0 Å². The van der Waals surface area contributed by atoms with E-state index in [4.69, 9.17) is 5.73 Å². The first kappa shape index (κ1) is 10.5. The molecule has 2 aromatic rings. The van der Waals surface area contributed by atoms with Crippen LogP contribution >= 0.6 is 0 Å². The molecular formula is C13H13N. The Balaban J connectivity index is 0.000000146. The molecule has 0 atom stereocenters. The van der Waals surface area contributed by atoms with Crippen LogP contribution in [0.4, 0.5) is 0 Å². The van der Waals surface area contributed by atoms with E-state index in [1.165, 1.54) is 0 Å². The SMILES string of the molecule is NCc1cc[c]cc1.[c]1ccccc1. The van der Waals surface area contributed by atoms with Crippen molar-refractivity contribution in [2.75, 3.05) is 0 Å². The summed E-state index contributed by atoms with van der Waals surface area (Å²) in [7, 11) is 0. The van der Waals surface area contributed by atoms with Crippen molar-refractivity contribution in [3.63, 3.8) is 0 Å². The predicted molar refractivity (Wildman–Crippen MR) is 58.4 cm³/mol. The molecule has 0 bridgehead atoms. The average molecular weight is 183 g/mol. The molecule has 0 aliphatic heterocycles. The summed E-state index contributed by atoms with van der Waals surface area (Å²) in [4.78, 5) is 0. The molecule has 0 amide bonds. The van der Waals surface area contributed by atoms with Crippen molar-refractivity contribution in [1.82, 2.24) is 0 Å². The van der Waals surface area contributed by atoms with E-state index in [-0.39, 0.29) is 0 Å². The Hall–Kier alpha value is -1.60. The predicted octanol–water partition coefficient (Wildman–Crippen LogP) is 2.43. The Morgan fingerprint density at radius 2 is 1.43 bits per heavy atom. The van der Waals surface area contributed by atoms with Gasteiger partial charge < -0.3 is 5.73 Å². The smallest absolute Gasteiger partial charge is 0.0178 e. The molecule has 0 aliphatic rings. The van der Waals surface area contributed by atoms with Gasteiger partial charge in [-0.1, -0.05) is 54.6 Å². The minimum Gasteiger partial charge on any atom is -0.326 e. The van der Waals surface area contributed by atoms with Gasteiger partial charge in [-0.25, -0.2) is 0 Å². The first-order valence-corrected chi connectivity index (χ1v) is 4.49. The summed E-state index contributed by atoms with van der Waals surface area (Å²) < 4.78 is 0. The minimum absolute atomic E-state index is 0.620. The van der Waals surface area contributed by atoms with Gasteiger partial charge in [0.2, 0.25) is 0 Å². The van der Waals surface area contributed by atoms with Crippen LogP contribution < -0.4 is 5.73 Å². The van der Waals surface area contributed by atoms with E-state index < -0.39 is 0 Å². The van der Waals surface area contributed by atoms with E-state index in [0.29, 0.717) is 6.54 Å². The van der Waals surface area contributed by atoms with Crippen molar-refractivity contribution in [3.05, 3.63) is 72.3 Å². The highest BCUT2D eigenvalue weighted by Crippen LogP contribution is 1.93. The monoisotopic (exact) mass is 183 g/mol. The Bertz CT molecular complexity index is 289. The molecule has 2 N–H and O–H groups in total. The van der Waals surface area contributed by atoms with Crippen molar-refractivity contribution >= 4 is 0 Å². The lowest BCUT2D eigenvalue weighted by Crippen LogP contribution is -1.94. The van der Waals surface area contributed by atoms with Gasteiger partial charge in [-0.3, -0.25) is 0 Å². The van der Waals surface area contributed by atoms with Gasteiger partial charge in [0, 0.05) is 6.54 Å². The lowest BCUT2D eigenvalue weighted by molar-refractivity contribution is 1.07. The van der Waals surface area contributed by atoms with Gasteiger partial charge in [-0.2, -0.15) is 0 Å². The fourth-order valence-corrected chi connectivity index (χ4v) is 0.899. The first-order valence-electron chi connectivity index (χ1n) is 4.49. The van der Waals surface area contributed by atoms with Crippen LogP contribution in [-0.4, -0.2) is 0 Å². The second-order valence-electron chi connectivity index (χ2n) is 2.69. The van der Waals surface area contributed by atoms with E-state index >= 15 is 0 Å². The van der Waals surface area contributed by atoms with Crippen LogP contribution in [0.25, 0.3) is 0 Å². The highest BCUT2D eigenvalue weighted by atomic mass is 14.5. The molecule has 14 heavy (non-hydrogen) atoms. The van der Waals surface area contributed by atoms with Gasteiger partial charge in [-0.05, 0) is 17.7 Å². The van der Waals surface area contributed by atoms with E-state index in [0.717, 1.165) is 5.56 Å². The summed E-state index contributed by atoms with van der Waals surface area (Å²) in [5, 5.41) is 0. The second kappa shape index (κ2) is 6.87. The number of benzene rings is 2. The molecule has 1 heteroatoms. The van der Waals surface area contributed by atoms with Crippen molar-refractivity contribution in [2.45, 2.75) is 6.54 Å². The fraction of sp³-hybridized carbons (Fsp3) is 0.0769. The molecule has 70 valence electrons. The van der Waals surface area contributed by atoms with Gasteiger partial charge >= 0.3 is 0 Å². The van der Waals surface area contributed by atoms with Gasteiger partial charge in [-0.15, -0.1) is 0 Å². The summed E-state index contributed by atoms with van der Waals surface area (Å²) in [6.45, 7) is 0.620. The number of hydrogen-bond acceptors (Lipinski definition) is 1. The molecule has 0 spiro atoms. The van der Waals surface area contributed by atoms with Crippen molar-refractivity contribution in [1.29, 1.82) is 0 Å². The van der Waals surface area contributed by atoms with Gasteiger partial charge in [0.15, 0.2) is 0 Å². The second-order valence-corrected chi connectivity index (χ2v) is 2.69. The van der Waals surface area contributed by atoms with E-state index in [2.05, 4.69) is 12.1 Å². The van der Waals surface area contributed by atoms with Crippen molar-refractivity contribution < 1.29 is 0 Å². The Labute approximate surface area is 85.2 Å². The van der Waals surface area contributed by atoms with Crippen molar-refractivity contribution in [2.24, 2.45) is 5.73 Å². The Morgan fingerprint density at radius 1 is 0.857 bits per heavy atom. The van der Waals surface area contributed by atoms with Crippen LogP contribution in [0, 0.1) is 12.1 Å². The quantitative estimate of drug-likeness (QED) is 0.722. The third-order valence-corrected chi connectivity index (χ3v) is 1.63. The Kier molecular flexibility index (Phi) is 5.14. The highest BCUT2D eigenvalue weighted by Gasteiger charge is 1.80. The van der Waals surface area contributed by atoms with Crippen LogP contribution in [0.3, 0.4) is 0 Å². The van der Waals surface area contributed by atoms with Crippen molar-refractivity contribution in [3.8, 4) is 0 Å². The van der Waals surface area contributed by atoms with Crippen LogP contribution in [0.1, 0.15) is 5.56 Å². The molecule has 2 aromatic carbocycles. The molecule has 0 saturated heterocycles. The summed E-state index contributed by atoms with van der Waals surface area (Å²) in [5.41, 5.74) is 6.49. The van der Waals surface area contributed by atoms with E-state index in [1.807, 2.05) is 54.6 Å². The molecule has 2 rings (SSSR count). The van der Waals surface area contributed by atoms with Crippen LogP contribution in [0.15, 0.2) is 54.6 Å². The minimum atomic E-state index is 0.620. The molecule has 0 fully saturated rings. The van der Waals surface area contributed by atoms with Gasteiger partial charge in [0.25, 0.3) is 0 Å². The standard InChI is InChI=1S/C7H8N.C6H5/c8-6-7-4-2-1-3-5-7;1-2-4-6-5-3-1/h2-5H,6,8H2;1-5H. The molecule has 2 radical (unpaired) electrons. The zero-order valence-electron chi connectivity index (χ0n) is 7.98. The average Bonchev–Trinajstić information content (AvgIpc) is 2.33. The van der Waals surface area contributed by atoms with E-state index in [9.17, 15) is 0 Å². The highest BCUT2D eigenvalue weighted by molar-refractivity contribution is 5.12. The van der Waals surface area contributed by atoms with E-state index in [1.54, 1.807) is 0 Å². The summed E-state index contributed by atoms with van der Waals surface area (Å²) in [6.07, 6.45) is 0. The number of hydrogen-bond donors (Lipinski definition) is 1. The maximum Gasteiger partial charge on any atom is 0.0178 e.